The maximum atomic E-state index is 5.63. The molecule has 1 heterocycles. The maximum absolute atomic E-state index is 5.63. The molecule has 3 heteroatoms. The molecule has 0 aromatic carbocycles. The van der Waals surface area contributed by atoms with Crippen LogP contribution in [0.1, 0.15) is 63.8 Å². The fourth-order valence-electron chi connectivity index (χ4n) is 3.13. The normalized spacial score (nSPS) is 25.3. The molecule has 0 bridgehead atoms. The molecule has 0 saturated heterocycles. The lowest BCUT2D eigenvalue weighted by Gasteiger charge is -2.36. The van der Waals surface area contributed by atoms with Crippen LogP contribution in [0.4, 0.5) is 0 Å². The molecule has 0 amide bonds. The molecule has 1 fully saturated rings. The first-order valence-electron chi connectivity index (χ1n) is 7.09. The molecule has 1 N–H and O–H groups in total. The van der Waals surface area contributed by atoms with E-state index in [2.05, 4.69) is 31.1 Å². The Balaban J connectivity index is 1.99. The highest BCUT2D eigenvalue weighted by molar-refractivity contribution is 5.13. The van der Waals surface area contributed by atoms with Crippen molar-refractivity contribution in [2.24, 2.45) is 11.3 Å². The third-order valence-electron chi connectivity index (χ3n) is 4.34. The van der Waals surface area contributed by atoms with Crippen LogP contribution in [0.15, 0.2) is 10.8 Å². The Bertz CT molecular complexity index is 370. The lowest BCUT2D eigenvalue weighted by atomic mass is 9.69. The Morgan fingerprint density at radius 3 is 2.50 bits per heavy atom. The van der Waals surface area contributed by atoms with Crippen LogP contribution < -0.4 is 5.32 Å². The van der Waals surface area contributed by atoms with Crippen LogP contribution in [0, 0.1) is 11.3 Å². The van der Waals surface area contributed by atoms with E-state index in [1.165, 1.54) is 25.7 Å². The lowest BCUT2D eigenvalue weighted by Crippen LogP contribution is -2.25. The summed E-state index contributed by atoms with van der Waals surface area (Å²) in [6.45, 7) is 7.89. The molecule has 3 nitrogen and oxygen atoms in total. The molecule has 0 aliphatic heterocycles. The highest BCUT2D eigenvalue weighted by Crippen LogP contribution is 2.43. The van der Waals surface area contributed by atoms with Gasteiger partial charge >= 0.3 is 0 Å². The van der Waals surface area contributed by atoms with Crippen LogP contribution in [-0.4, -0.2) is 12.0 Å². The zero-order valence-electron chi connectivity index (χ0n) is 12.1. The summed E-state index contributed by atoms with van der Waals surface area (Å²) in [5.41, 5.74) is 1.54. The van der Waals surface area contributed by atoms with E-state index in [-0.39, 0.29) is 0 Å². The molecule has 1 aliphatic carbocycles. The van der Waals surface area contributed by atoms with Crippen molar-refractivity contribution in [1.29, 1.82) is 0 Å². The van der Waals surface area contributed by atoms with Gasteiger partial charge in [0, 0.05) is 12.5 Å². The molecular formula is C15H26N2O. The smallest absolute Gasteiger partial charge is 0.181 e. The molecule has 0 unspecified atom stereocenters. The third kappa shape index (κ3) is 2.94. The van der Waals surface area contributed by atoms with Crippen molar-refractivity contribution in [2.75, 3.05) is 7.05 Å². The van der Waals surface area contributed by atoms with Crippen LogP contribution >= 0.6 is 0 Å². The second kappa shape index (κ2) is 5.43. The van der Waals surface area contributed by atoms with Crippen molar-refractivity contribution < 1.29 is 4.42 Å². The minimum Gasteiger partial charge on any atom is -0.448 e. The number of oxazole rings is 1. The van der Waals surface area contributed by atoms with Crippen LogP contribution in [0.5, 0.6) is 0 Å². The molecule has 2 rings (SSSR count). The second-order valence-corrected chi connectivity index (χ2v) is 6.61. The highest BCUT2D eigenvalue weighted by atomic mass is 16.3. The Morgan fingerprint density at radius 1 is 1.28 bits per heavy atom. The summed E-state index contributed by atoms with van der Waals surface area (Å²) >= 11 is 0. The van der Waals surface area contributed by atoms with Crippen molar-refractivity contribution in [2.45, 2.75) is 58.9 Å². The molecule has 1 aromatic rings. The molecular weight excluding hydrogens is 224 g/mol. The Kier molecular flexibility index (Phi) is 4.10. The topological polar surface area (TPSA) is 38.1 Å². The number of rotatable bonds is 3. The molecule has 0 radical (unpaired) electrons. The summed E-state index contributed by atoms with van der Waals surface area (Å²) in [5, 5.41) is 3.16. The van der Waals surface area contributed by atoms with Gasteiger partial charge in [0.25, 0.3) is 0 Å². The van der Waals surface area contributed by atoms with E-state index in [0.29, 0.717) is 11.3 Å². The largest absolute Gasteiger partial charge is 0.448 e. The van der Waals surface area contributed by atoms with E-state index in [4.69, 9.17) is 4.42 Å². The predicted molar refractivity (Wildman–Crippen MR) is 73.4 cm³/mol. The molecule has 1 aliphatic rings. The molecule has 102 valence electrons. The van der Waals surface area contributed by atoms with E-state index < -0.39 is 0 Å². The van der Waals surface area contributed by atoms with E-state index in [1.54, 1.807) is 6.39 Å². The maximum Gasteiger partial charge on any atom is 0.181 e. The fourth-order valence-corrected chi connectivity index (χ4v) is 3.13. The van der Waals surface area contributed by atoms with Gasteiger partial charge in [-0.2, -0.15) is 0 Å². The lowest BCUT2D eigenvalue weighted by molar-refractivity contribution is 0.163. The van der Waals surface area contributed by atoms with Gasteiger partial charge in [0.2, 0.25) is 0 Å². The third-order valence-corrected chi connectivity index (χ3v) is 4.34. The quantitative estimate of drug-likeness (QED) is 0.888. The van der Waals surface area contributed by atoms with E-state index in [9.17, 15) is 0 Å². The van der Waals surface area contributed by atoms with Crippen LogP contribution in [0.25, 0.3) is 0 Å². The first kappa shape index (κ1) is 13.6. The summed E-state index contributed by atoms with van der Waals surface area (Å²) in [5.74, 6) is 2.55. The number of hydrogen-bond acceptors (Lipinski definition) is 3. The van der Waals surface area contributed by atoms with Gasteiger partial charge in [0.05, 0.1) is 5.69 Å². The summed E-state index contributed by atoms with van der Waals surface area (Å²) < 4.78 is 5.63. The molecule has 1 saturated carbocycles. The minimum absolute atomic E-state index is 0.445. The van der Waals surface area contributed by atoms with Crippen LogP contribution in [0.2, 0.25) is 0 Å². The summed E-state index contributed by atoms with van der Waals surface area (Å²) in [7, 11) is 1.95. The van der Waals surface area contributed by atoms with Crippen molar-refractivity contribution in [3.63, 3.8) is 0 Å². The first-order valence-corrected chi connectivity index (χ1v) is 7.09. The summed E-state index contributed by atoms with van der Waals surface area (Å²) in [6.07, 6.45) is 6.71. The van der Waals surface area contributed by atoms with Gasteiger partial charge in [-0.25, -0.2) is 4.98 Å². The Hall–Kier alpha value is -0.830. The number of hydrogen-bond donors (Lipinski definition) is 1. The molecule has 0 atom stereocenters. The predicted octanol–water partition coefficient (Wildman–Crippen LogP) is 3.71. The average molecular weight is 250 g/mol. The minimum atomic E-state index is 0.445. The second-order valence-electron chi connectivity index (χ2n) is 6.61. The van der Waals surface area contributed by atoms with Gasteiger partial charge in [-0.05, 0) is 44.1 Å². The zero-order chi connectivity index (χ0) is 13.2. The first-order chi connectivity index (χ1) is 8.52. The van der Waals surface area contributed by atoms with Gasteiger partial charge < -0.3 is 9.73 Å². The SMILES string of the molecule is CNCc1ncoc1C1CCC(C(C)(C)C)CC1. The van der Waals surface area contributed by atoms with E-state index >= 15 is 0 Å². The van der Waals surface area contributed by atoms with Crippen molar-refractivity contribution in [1.82, 2.24) is 10.3 Å². The Morgan fingerprint density at radius 2 is 1.94 bits per heavy atom. The van der Waals surface area contributed by atoms with Gasteiger partial charge in [0.1, 0.15) is 5.76 Å². The zero-order valence-corrected chi connectivity index (χ0v) is 12.1. The van der Waals surface area contributed by atoms with Crippen molar-refractivity contribution in [3.05, 3.63) is 17.8 Å². The van der Waals surface area contributed by atoms with Gasteiger partial charge in [-0.3, -0.25) is 0 Å². The van der Waals surface area contributed by atoms with E-state index in [0.717, 1.165) is 23.9 Å². The monoisotopic (exact) mass is 250 g/mol. The highest BCUT2D eigenvalue weighted by Gasteiger charge is 2.32. The van der Waals surface area contributed by atoms with Gasteiger partial charge in [-0.1, -0.05) is 20.8 Å². The van der Waals surface area contributed by atoms with Crippen LogP contribution in [0.3, 0.4) is 0 Å². The number of nitrogens with one attached hydrogen (secondary N) is 1. The average Bonchev–Trinajstić information content (AvgIpc) is 2.77. The summed E-state index contributed by atoms with van der Waals surface area (Å²) in [6, 6.07) is 0. The standard InChI is InChI=1S/C15H26N2O/c1-15(2,3)12-7-5-11(6-8-12)14-13(9-16-4)17-10-18-14/h10-12,16H,5-9H2,1-4H3. The van der Waals surface area contributed by atoms with Gasteiger partial charge in [0.15, 0.2) is 6.39 Å². The van der Waals surface area contributed by atoms with Crippen molar-refractivity contribution in [3.8, 4) is 0 Å². The molecule has 1 aromatic heterocycles. The molecule has 0 spiro atoms. The number of aromatic nitrogens is 1. The van der Waals surface area contributed by atoms with E-state index in [1.807, 2.05) is 7.05 Å². The van der Waals surface area contributed by atoms with Crippen LogP contribution in [-0.2, 0) is 6.54 Å². The number of nitrogens with zero attached hydrogens (tertiary/aromatic N) is 1. The fraction of sp³-hybridized carbons (Fsp3) is 0.800. The van der Waals surface area contributed by atoms with Gasteiger partial charge in [-0.15, -0.1) is 0 Å². The summed E-state index contributed by atoms with van der Waals surface area (Å²) in [4.78, 5) is 4.32. The molecule has 18 heavy (non-hydrogen) atoms. The van der Waals surface area contributed by atoms with Crippen molar-refractivity contribution >= 4 is 0 Å². The Labute approximate surface area is 110 Å².